The second-order valence-electron chi connectivity index (χ2n) is 3.40. The van der Waals surface area contributed by atoms with Gasteiger partial charge < -0.3 is 10.1 Å². The van der Waals surface area contributed by atoms with Crippen LogP contribution in [0.4, 0.5) is 5.69 Å². The Hall–Kier alpha value is -1.44. The maximum atomic E-state index is 5.37. The van der Waals surface area contributed by atoms with Crippen LogP contribution in [0.1, 0.15) is 18.1 Å². The van der Waals surface area contributed by atoms with Crippen LogP contribution >= 0.6 is 0 Å². The van der Waals surface area contributed by atoms with Gasteiger partial charge in [0.25, 0.3) is 0 Å². The van der Waals surface area contributed by atoms with E-state index in [-0.39, 0.29) is 0 Å². The Kier molecular flexibility index (Phi) is 2.44. The van der Waals surface area contributed by atoms with E-state index in [1.54, 1.807) is 0 Å². The molecule has 0 fully saturated rings. The van der Waals surface area contributed by atoms with E-state index in [1.165, 1.54) is 11.3 Å². The van der Waals surface area contributed by atoms with Crippen molar-refractivity contribution < 1.29 is 4.74 Å². The van der Waals surface area contributed by atoms with Crippen molar-refractivity contribution >= 4 is 11.4 Å². The van der Waals surface area contributed by atoms with Crippen LogP contribution in [0, 0.1) is 0 Å². The van der Waals surface area contributed by atoms with Crippen LogP contribution in [0.3, 0.4) is 0 Å². The van der Waals surface area contributed by atoms with E-state index in [9.17, 15) is 0 Å². The van der Waals surface area contributed by atoms with E-state index in [2.05, 4.69) is 30.1 Å². The van der Waals surface area contributed by atoms with Crippen molar-refractivity contribution in [2.45, 2.75) is 13.3 Å². The van der Waals surface area contributed by atoms with E-state index in [0.29, 0.717) is 6.61 Å². The molecule has 0 aromatic heterocycles. The molecule has 2 rings (SSSR count). The van der Waals surface area contributed by atoms with Gasteiger partial charge in [-0.05, 0) is 37.1 Å². The van der Waals surface area contributed by atoms with Crippen LogP contribution in [0.15, 0.2) is 24.8 Å². The molecule has 1 heterocycles. The fourth-order valence-corrected chi connectivity index (χ4v) is 1.74. The molecule has 0 spiro atoms. The lowest BCUT2D eigenvalue weighted by molar-refractivity contribution is 0.299. The van der Waals surface area contributed by atoms with Crippen molar-refractivity contribution in [1.82, 2.24) is 0 Å². The third kappa shape index (κ3) is 1.60. The summed E-state index contributed by atoms with van der Waals surface area (Å²) in [6.45, 7) is 7.59. The minimum Gasteiger partial charge on any atom is -0.494 e. The topological polar surface area (TPSA) is 21.3 Å². The van der Waals surface area contributed by atoms with Gasteiger partial charge in [0.1, 0.15) is 5.76 Å². The number of ether oxygens (including phenoxy) is 1. The highest BCUT2D eigenvalue weighted by Crippen LogP contribution is 2.25. The maximum absolute atomic E-state index is 5.37. The molecule has 0 saturated heterocycles. The minimum absolute atomic E-state index is 0.675. The molecule has 0 aliphatic carbocycles. The monoisotopic (exact) mass is 189 g/mol. The van der Waals surface area contributed by atoms with Gasteiger partial charge in [-0.3, -0.25) is 0 Å². The molecule has 74 valence electrons. The Morgan fingerprint density at radius 3 is 3.21 bits per heavy atom. The third-order valence-corrected chi connectivity index (χ3v) is 2.46. The van der Waals surface area contributed by atoms with E-state index >= 15 is 0 Å². The van der Waals surface area contributed by atoms with Gasteiger partial charge in [-0.25, -0.2) is 0 Å². The molecule has 1 aromatic carbocycles. The lowest BCUT2D eigenvalue weighted by atomic mass is 10.1. The van der Waals surface area contributed by atoms with Crippen LogP contribution in [-0.4, -0.2) is 13.2 Å². The van der Waals surface area contributed by atoms with Crippen molar-refractivity contribution in [2.75, 3.05) is 18.5 Å². The molecule has 2 heteroatoms. The molecule has 1 aromatic rings. The first-order valence-electron chi connectivity index (χ1n) is 5.00. The molecule has 0 unspecified atom stereocenters. The van der Waals surface area contributed by atoms with Crippen molar-refractivity contribution in [3.05, 3.63) is 35.9 Å². The average molecular weight is 189 g/mol. The number of nitrogens with one attached hydrogen (secondary N) is 1. The second kappa shape index (κ2) is 3.74. The van der Waals surface area contributed by atoms with Gasteiger partial charge in [0.2, 0.25) is 0 Å². The largest absolute Gasteiger partial charge is 0.494 e. The zero-order valence-corrected chi connectivity index (χ0v) is 8.47. The van der Waals surface area contributed by atoms with Crippen molar-refractivity contribution in [2.24, 2.45) is 0 Å². The first-order valence-corrected chi connectivity index (χ1v) is 5.00. The summed E-state index contributed by atoms with van der Waals surface area (Å²) in [5, 5.41) is 3.33. The number of benzene rings is 1. The summed E-state index contributed by atoms with van der Waals surface area (Å²) in [4.78, 5) is 0. The number of hydrogen-bond acceptors (Lipinski definition) is 2. The summed E-state index contributed by atoms with van der Waals surface area (Å²) in [6, 6.07) is 6.31. The lowest BCUT2D eigenvalue weighted by Gasteiger charge is -2.08. The summed E-state index contributed by atoms with van der Waals surface area (Å²) < 4.78 is 5.37. The number of fused-ring (bicyclic) bond motifs is 1. The molecule has 1 N–H and O–H groups in total. The van der Waals surface area contributed by atoms with Gasteiger partial charge in [0, 0.05) is 17.8 Å². The summed E-state index contributed by atoms with van der Waals surface area (Å²) in [5.41, 5.74) is 3.70. The number of rotatable bonds is 3. The molecule has 14 heavy (non-hydrogen) atoms. The second-order valence-corrected chi connectivity index (χ2v) is 3.40. The van der Waals surface area contributed by atoms with Gasteiger partial charge >= 0.3 is 0 Å². The zero-order valence-electron chi connectivity index (χ0n) is 8.47. The molecule has 0 saturated carbocycles. The average Bonchev–Trinajstić information content (AvgIpc) is 2.64. The lowest BCUT2D eigenvalue weighted by Crippen LogP contribution is -1.91. The van der Waals surface area contributed by atoms with E-state index in [0.717, 1.165) is 24.3 Å². The van der Waals surface area contributed by atoms with Crippen LogP contribution in [0.2, 0.25) is 0 Å². The fourth-order valence-electron chi connectivity index (χ4n) is 1.74. The van der Waals surface area contributed by atoms with E-state index in [4.69, 9.17) is 4.74 Å². The van der Waals surface area contributed by atoms with Gasteiger partial charge in [-0.1, -0.05) is 6.58 Å². The van der Waals surface area contributed by atoms with Gasteiger partial charge in [-0.15, -0.1) is 0 Å². The zero-order chi connectivity index (χ0) is 9.97. The van der Waals surface area contributed by atoms with Crippen LogP contribution in [-0.2, 0) is 11.2 Å². The summed E-state index contributed by atoms with van der Waals surface area (Å²) >= 11 is 0. The first kappa shape index (κ1) is 9.13. The third-order valence-electron chi connectivity index (χ3n) is 2.46. The van der Waals surface area contributed by atoms with E-state index < -0.39 is 0 Å². The minimum atomic E-state index is 0.675. The van der Waals surface area contributed by atoms with Crippen LogP contribution < -0.4 is 5.32 Å². The van der Waals surface area contributed by atoms with Crippen molar-refractivity contribution in [3.63, 3.8) is 0 Å². The predicted octanol–water partition coefficient (Wildman–Crippen LogP) is 2.66. The summed E-state index contributed by atoms with van der Waals surface area (Å²) in [5.74, 6) is 0.766. The highest BCUT2D eigenvalue weighted by atomic mass is 16.5. The summed E-state index contributed by atoms with van der Waals surface area (Å²) in [7, 11) is 0. The Balaban J connectivity index is 2.24. The fraction of sp³-hybridized carbons (Fsp3) is 0.333. The number of hydrogen-bond donors (Lipinski definition) is 1. The van der Waals surface area contributed by atoms with Crippen LogP contribution in [0.25, 0.3) is 5.76 Å². The Morgan fingerprint density at radius 2 is 2.43 bits per heavy atom. The molecule has 1 aliphatic rings. The SMILES string of the molecule is C=C(OCC)c1ccc2c(c1)CCN2. The van der Waals surface area contributed by atoms with Crippen LogP contribution in [0.5, 0.6) is 0 Å². The molecule has 0 atom stereocenters. The highest BCUT2D eigenvalue weighted by molar-refractivity contribution is 5.65. The maximum Gasteiger partial charge on any atom is 0.119 e. The quantitative estimate of drug-likeness (QED) is 0.738. The molecule has 2 nitrogen and oxygen atoms in total. The Bertz CT molecular complexity index is 357. The molecule has 1 aliphatic heterocycles. The number of anilines is 1. The first-order chi connectivity index (χ1) is 6.81. The highest BCUT2D eigenvalue weighted by Gasteiger charge is 2.10. The normalized spacial score (nSPS) is 13.2. The molecule has 0 bridgehead atoms. The van der Waals surface area contributed by atoms with Gasteiger partial charge in [0.05, 0.1) is 6.61 Å². The van der Waals surface area contributed by atoms with E-state index in [1.807, 2.05) is 6.92 Å². The van der Waals surface area contributed by atoms with Gasteiger partial charge in [0.15, 0.2) is 0 Å². The standard InChI is InChI=1S/C12H15NO/c1-3-14-9(2)10-4-5-12-11(8-10)6-7-13-12/h4-5,8,13H,2-3,6-7H2,1H3. The Labute approximate surface area is 84.6 Å². The predicted molar refractivity (Wildman–Crippen MR) is 59.3 cm³/mol. The molecular weight excluding hydrogens is 174 g/mol. The van der Waals surface area contributed by atoms with Crippen molar-refractivity contribution in [1.29, 1.82) is 0 Å². The van der Waals surface area contributed by atoms with Gasteiger partial charge in [-0.2, -0.15) is 0 Å². The molecule has 0 radical (unpaired) electrons. The summed E-state index contributed by atoms with van der Waals surface area (Å²) in [6.07, 6.45) is 1.10. The smallest absolute Gasteiger partial charge is 0.119 e. The van der Waals surface area contributed by atoms with Crippen molar-refractivity contribution in [3.8, 4) is 0 Å². The molecule has 0 amide bonds. The molecular formula is C12H15NO. The Morgan fingerprint density at radius 1 is 1.57 bits per heavy atom.